The molecule has 1 amide bonds. The van der Waals surface area contributed by atoms with Gasteiger partial charge in [0.25, 0.3) is 0 Å². The van der Waals surface area contributed by atoms with Gasteiger partial charge in [-0.25, -0.2) is 0 Å². The van der Waals surface area contributed by atoms with E-state index in [0.717, 1.165) is 30.7 Å². The monoisotopic (exact) mass is 362 g/mol. The third kappa shape index (κ3) is 6.10. The molecule has 2 N–H and O–H groups in total. The first kappa shape index (κ1) is 19.3. The SMILES string of the molecule is CCCc1n[nH]c(=S)n1CC(=O)NCCCOC(C)c1ccccc1. The van der Waals surface area contributed by atoms with Crippen molar-refractivity contribution in [3.8, 4) is 0 Å². The minimum Gasteiger partial charge on any atom is -0.374 e. The van der Waals surface area contributed by atoms with E-state index >= 15 is 0 Å². The molecule has 2 aromatic rings. The molecule has 0 spiro atoms. The molecule has 2 rings (SSSR count). The van der Waals surface area contributed by atoms with Crippen LogP contribution in [-0.4, -0.2) is 33.8 Å². The van der Waals surface area contributed by atoms with Crippen LogP contribution in [0.1, 0.15) is 44.2 Å². The van der Waals surface area contributed by atoms with E-state index in [1.807, 2.05) is 25.1 Å². The standard InChI is InChI=1S/C18H26N4O2S/c1-3-8-16-20-21-18(25)22(16)13-17(23)19-11-7-12-24-14(2)15-9-5-4-6-10-15/h4-6,9-10,14H,3,7-8,11-13H2,1-2H3,(H,19,23)(H,21,25). The molecule has 0 saturated heterocycles. The molecule has 0 aliphatic heterocycles. The number of nitrogens with one attached hydrogen (secondary N) is 2. The topological polar surface area (TPSA) is 71.9 Å². The van der Waals surface area contributed by atoms with E-state index in [9.17, 15) is 4.79 Å². The summed E-state index contributed by atoms with van der Waals surface area (Å²) in [4.78, 5) is 12.1. The number of aromatic amines is 1. The Bertz CT molecular complexity index is 711. The van der Waals surface area contributed by atoms with Gasteiger partial charge in [0.15, 0.2) is 4.77 Å². The second-order valence-electron chi connectivity index (χ2n) is 5.91. The van der Waals surface area contributed by atoms with E-state index in [-0.39, 0.29) is 18.6 Å². The van der Waals surface area contributed by atoms with Crippen molar-refractivity contribution >= 4 is 18.1 Å². The van der Waals surface area contributed by atoms with Gasteiger partial charge in [-0.3, -0.25) is 14.5 Å². The molecule has 0 aliphatic rings. The molecular weight excluding hydrogens is 336 g/mol. The zero-order valence-corrected chi connectivity index (χ0v) is 15.6. The summed E-state index contributed by atoms with van der Waals surface area (Å²) < 4.78 is 8.03. The smallest absolute Gasteiger partial charge is 0.240 e. The third-order valence-electron chi connectivity index (χ3n) is 3.89. The van der Waals surface area contributed by atoms with E-state index in [1.54, 1.807) is 4.57 Å². The first-order chi connectivity index (χ1) is 12.1. The zero-order chi connectivity index (χ0) is 18.1. The minimum atomic E-state index is -0.0639. The van der Waals surface area contributed by atoms with Crippen molar-refractivity contribution in [3.63, 3.8) is 0 Å². The van der Waals surface area contributed by atoms with Gasteiger partial charge in [0.1, 0.15) is 12.4 Å². The van der Waals surface area contributed by atoms with E-state index in [1.165, 1.54) is 0 Å². The fraction of sp³-hybridized carbons (Fsp3) is 0.500. The summed E-state index contributed by atoms with van der Waals surface area (Å²) in [5.74, 6) is 0.758. The van der Waals surface area contributed by atoms with Gasteiger partial charge in [0, 0.05) is 19.6 Å². The van der Waals surface area contributed by atoms with Gasteiger partial charge in [-0.1, -0.05) is 37.3 Å². The van der Waals surface area contributed by atoms with Gasteiger partial charge >= 0.3 is 0 Å². The predicted octanol–water partition coefficient (Wildman–Crippen LogP) is 3.18. The van der Waals surface area contributed by atoms with Crippen LogP contribution in [0.2, 0.25) is 0 Å². The summed E-state index contributed by atoms with van der Waals surface area (Å²) in [6.45, 7) is 5.48. The van der Waals surface area contributed by atoms with Crippen molar-refractivity contribution in [1.82, 2.24) is 20.1 Å². The van der Waals surface area contributed by atoms with Crippen LogP contribution in [0.4, 0.5) is 0 Å². The Kier molecular flexibility index (Phi) is 7.81. The molecule has 1 aromatic carbocycles. The maximum atomic E-state index is 12.1. The maximum Gasteiger partial charge on any atom is 0.240 e. The van der Waals surface area contributed by atoms with E-state index in [2.05, 4.69) is 34.6 Å². The van der Waals surface area contributed by atoms with Crippen LogP contribution in [0.5, 0.6) is 0 Å². The van der Waals surface area contributed by atoms with Crippen LogP contribution in [0.25, 0.3) is 0 Å². The summed E-state index contributed by atoms with van der Waals surface area (Å²) >= 11 is 5.18. The third-order valence-corrected chi connectivity index (χ3v) is 4.20. The average molecular weight is 362 g/mol. The summed E-state index contributed by atoms with van der Waals surface area (Å²) in [5.41, 5.74) is 1.16. The number of H-pyrrole nitrogens is 1. The first-order valence-corrected chi connectivity index (χ1v) is 9.10. The van der Waals surface area contributed by atoms with Crippen LogP contribution in [-0.2, 0) is 22.5 Å². The lowest BCUT2D eigenvalue weighted by Gasteiger charge is -2.13. The van der Waals surface area contributed by atoms with Crippen LogP contribution < -0.4 is 5.32 Å². The van der Waals surface area contributed by atoms with Gasteiger partial charge in [-0.15, -0.1) is 0 Å². The number of aromatic nitrogens is 3. The molecule has 0 radical (unpaired) electrons. The number of ether oxygens (including phenoxy) is 1. The molecule has 0 bridgehead atoms. The van der Waals surface area contributed by atoms with Gasteiger partial charge < -0.3 is 10.1 Å². The number of carbonyl (C=O) groups excluding carboxylic acids is 1. The molecule has 6 nitrogen and oxygen atoms in total. The number of amides is 1. The summed E-state index contributed by atoms with van der Waals surface area (Å²) in [6.07, 6.45) is 2.57. The highest BCUT2D eigenvalue weighted by Crippen LogP contribution is 2.15. The van der Waals surface area contributed by atoms with Gasteiger partial charge in [-0.05, 0) is 37.5 Å². The van der Waals surface area contributed by atoms with Crippen molar-refractivity contribution in [1.29, 1.82) is 0 Å². The van der Waals surface area contributed by atoms with E-state index < -0.39 is 0 Å². The van der Waals surface area contributed by atoms with Gasteiger partial charge in [-0.2, -0.15) is 5.10 Å². The largest absolute Gasteiger partial charge is 0.374 e. The Labute approximate surface area is 153 Å². The Morgan fingerprint density at radius 3 is 2.88 bits per heavy atom. The average Bonchev–Trinajstić information content (AvgIpc) is 2.96. The number of carbonyl (C=O) groups is 1. The highest BCUT2D eigenvalue weighted by atomic mass is 32.1. The minimum absolute atomic E-state index is 0.0535. The normalized spacial score (nSPS) is 12.1. The second kappa shape index (κ2) is 10.1. The number of rotatable bonds is 10. The molecule has 7 heteroatoms. The highest BCUT2D eigenvalue weighted by molar-refractivity contribution is 7.71. The lowest BCUT2D eigenvalue weighted by molar-refractivity contribution is -0.121. The van der Waals surface area contributed by atoms with Crippen molar-refractivity contribution in [2.45, 2.75) is 45.8 Å². The zero-order valence-electron chi connectivity index (χ0n) is 14.8. The molecule has 136 valence electrons. The predicted molar refractivity (Wildman–Crippen MR) is 99.8 cm³/mol. The summed E-state index contributed by atoms with van der Waals surface area (Å²) in [5, 5.41) is 9.81. The molecule has 0 aliphatic carbocycles. The van der Waals surface area contributed by atoms with Gasteiger partial charge in [0.2, 0.25) is 5.91 Å². The van der Waals surface area contributed by atoms with Crippen LogP contribution in [0.3, 0.4) is 0 Å². The fourth-order valence-corrected chi connectivity index (χ4v) is 2.72. The first-order valence-electron chi connectivity index (χ1n) is 8.69. The van der Waals surface area contributed by atoms with E-state index in [4.69, 9.17) is 17.0 Å². The molecule has 1 atom stereocenters. The Morgan fingerprint density at radius 2 is 2.16 bits per heavy atom. The van der Waals surface area contributed by atoms with Crippen LogP contribution in [0, 0.1) is 4.77 Å². The molecule has 0 fully saturated rings. The van der Waals surface area contributed by atoms with Gasteiger partial charge in [0.05, 0.1) is 6.10 Å². The molecule has 0 saturated carbocycles. The Balaban J connectivity index is 1.67. The summed E-state index contributed by atoms with van der Waals surface area (Å²) in [7, 11) is 0. The van der Waals surface area contributed by atoms with Crippen LogP contribution >= 0.6 is 12.2 Å². The Hall–Kier alpha value is -1.99. The number of hydrogen-bond donors (Lipinski definition) is 2. The van der Waals surface area contributed by atoms with Crippen molar-refractivity contribution in [3.05, 3.63) is 46.5 Å². The molecule has 25 heavy (non-hydrogen) atoms. The number of aryl methyl sites for hydroxylation is 1. The molecule has 1 aromatic heterocycles. The van der Waals surface area contributed by atoms with Crippen molar-refractivity contribution < 1.29 is 9.53 Å². The van der Waals surface area contributed by atoms with E-state index in [0.29, 0.717) is 17.9 Å². The summed E-state index contributed by atoms with van der Waals surface area (Å²) in [6, 6.07) is 10.1. The second-order valence-corrected chi connectivity index (χ2v) is 6.30. The molecule has 1 heterocycles. The fourth-order valence-electron chi connectivity index (χ4n) is 2.51. The Morgan fingerprint density at radius 1 is 1.40 bits per heavy atom. The van der Waals surface area contributed by atoms with Crippen molar-refractivity contribution in [2.24, 2.45) is 0 Å². The number of nitrogens with zero attached hydrogens (tertiary/aromatic N) is 2. The lowest BCUT2D eigenvalue weighted by Crippen LogP contribution is -2.29. The quantitative estimate of drug-likeness (QED) is 0.503. The number of benzene rings is 1. The number of hydrogen-bond acceptors (Lipinski definition) is 4. The molecule has 1 unspecified atom stereocenters. The lowest BCUT2D eigenvalue weighted by atomic mass is 10.1. The molecular formula is C18H26N4O2S. The highest BCUT2D eigenvalue weighted by Gasteiger charge is 2.10. The van der Waals surface area contributed by atoms with Crippen molar-refractivity contribution in [2.75, 3.05) is 13.2 Å². The maximum absolute atomic E-state index is 12.1. The van der Waals surface area contributed by atoms with Crippen LogP contribution in [0.15, 0.2) is 30.3 Å².